The zero-order chi connectivity index (χ0) is 7.56. The van der Waals surface area contributed by atoms with E-state index in [4.69, 9.17) is 5.11 Å². The second kappa shape index (κ2) is 4.77. The van der Waals surface area contributed by atoms with Crippen molar-refractivity contribution >= 4 is 45.8 Å². The van der Waals surface area contributed by atoms with Crippen LogP contribution in [0.25, 0.3) is 0 Å². The molecule has 0 spiro atoms. The van der Waals surface area contributed by atoms with Crippen LogP contribution >= 0.6 is 15.9 Å². The molecule has 0 unspecified atom stereocenters. The van der Waals surface area contributed by atoms with Crippen LogP contribution in [0.1, 0.15) is 10.4 Å². The van der Waals surface area contributed by atoms with Gasteiger partial charge in [0.1, 0.15) is 0 Å². The van der Waals surface area contributed by atoms with Crippen LogP contribution in [0.3, 0.4) is 0 Å². The van der Waals surface area contributed by atoms with Gasteiger partial charge in [-0.2, -0.15) is 0 Å². The van der Waals surface area contributed by atoms with Gasteiger partial charge in [-0.05, 0) is 24.3 Å². The molecule has 11 heavy (non-hydrogen) atoms. The summed E-state index contributed by atoms with van der Waals surface area (Å²) >= 11 is 3.20. The van der Waals surface area contributed by atoms with Gasteiger partial charge in [-0.15, -0.1) is 0 Å². The Balaban J connectivity index is 0.000001000. The maximum atomic E-state index is 10.3. The van der Waals surface area contributed by atoms with Crippen LogP contribution in [0.2, 0.25) is 0 Å². The number of benzene rings is 1. The molecule has 0 amide bonds. The normalized spacial score (nSPS) is 8.45. The quantitative estimate of drug-likeness (QED) is 0.790. The fourth-order valence-corrected chi connectivity index (χ4v) is 0.857. The Morgan fingerprint density at radius 1 is 1.27 bits per heavy atom. The summed E-state index contributed by atoms with van der Waals surface area (Å²) in [5.41, 5.74) is 0.309. The Morgan fingerprint density at radius 3 is 2.09 bits per heavy atom. The van der Waals surface area contributed by atoms with Crippen molar-refractivity contribution in [1.82, 2.24) is 0 Å². The van der Waals surface area contributed by atoms with E-state index in [1.54, 1.807) is 24.3 Å². The van der Waals surface area contributed by atoms with E-state index in [0.29, 0.717) is 5.56 Å². The van der Waals surface area contributed by atoms with Crippen molar-refractivity contribution in [3.63, 3.8) is 0 Å². The van der Waals surface area contributed by atoms with Crippen LogP contribution in [-0.2, 0) is 0 Å². The van der Waals surface area contributed by atoms with Crippen molar-refractivity contribution in [3.8, 4) is 0 Å². The monoisotopic (exact) mass is 322 g/mol. The van der Waals surface area contributed by atoms with Gasteiger partial charge in [0.15, 0.2) is 0 Å². The first-order valence-electron chi connectivity index (χ1n) is 2.69. The van der Waals surface area contributed by atoms with Gasteiger partial charge in [-0.3, -0.25) is 0 Å². The molecule has 1 aromatic rings. The molecule has 4 heteroatoms. The van der Waals surface area contributed by atoms with Crippen LogP contribution in [-0.4, -0.2) is 35.0 Å². The van der Waals surface area contributed by atoms with E-state index in [1.807, 2.05) is 0 Å². The van der Waals surface area contributed by atoms with Gasteiger partial charge >= 0.3 is 29.9 Å². The van der Waals surface area contributed by atoms with Crippen LogP contribution in [0.4, 0.5) is 0 Å². The molecular formula is C7H7BrO2Sn. The topological polar surface area (TPSA) is 37.3 Å². The number of hydrogen-bond donors (Lipinski definition) is 1. The fraction of sp³-hybridized carbons (Fsp3) is 0. The van der Waals surface area contributed by atoms with Gasteiger partial charge in [0.05, 0.1) is 5.56 Å². The summed E-state index contributed by atoms with van der Waals surface area (Å²) in [5, 5.41) is 8.46. The first-order chi connectivity index (χ1) is 4.70. The maximum absolute atomic E-state index is 10.3. The van der Waals surface area contributed by atoms with Gasteiger partial charge in [-0.1, -0.05) is 15.9 Å². The Hall–Kier alpha value is -0.0313. The number of halogens is 1. The van der Waals surface area contributed by atoms with E-state index in [9.17, 15) is 4.79 Å². The molecule has 0 heterocycles. The van der Waals surface area contributed by atoms with E-state index in [2.05, 4.69) is 15.9 Å². The summed E-state index contributed by atoms with van der Waals surface area (Å²) in [4.78, 5) is 10.3. The van der Waals surface area contributed by atoms with E-state index < -0.39 is 5.97 Å². The zero-order valence-corrected chi connectivity index (χ0v) is 11.4. The Morgan fingerprint density at radius 2 is 1.73 bits per heavy atom. The predicted molar refractivity (Wildman–Crippen MR) is 49.6 cm³/mol. The minimum absolute atomic E-state index is 0. The molecule has 2 radical (unpaired) electrons. The third-order valence-electron chi connectivity index (χ3n) is 1.09. The average Bonchev–Trinajstić information content (AvgIpc) is 1.88. The molecule has 1 rings (SSSR count). The SMILES string of the molecule is O=C(O)c1ccc(Br)cc1.[SnH2]. The Labute approximate surface area is 89.7 Å². The molecule has 1 N–H and O–H groups in total. The second-order valence-electron chi connectivity index (χ2n) is 1.81. The standard InChI is InChI=1S/C7H5BrO2.Sn.2H/c8-6-3-1-5(2-4-6)7(9)10;;;/h1-4H,(H,9,10);;;. The van der Waals surface area contributed by atoms with Crippen molar-refractivity contribution in [3.05, 3.63) is 34.3 Å². The second-order valence-corrected chi connectivity index (χ2v) is 2.73. The van der Waals surface area contributed by atoms with Crippen molar-refractivity contribution < 1.29 is 9.90 Å². The van der Waals surface area contributed by atoms with Gasteiger partial charge < -0.3 is 5.11 Å². The first-order valence-corrected chi connectivity index (χ1v) is 3.48. The number of hydrogen-bond acceptors (Lipinski definition) is 1. The van der Waals surface area contributed by atoms with E-state index >= 15 is 0 Å². The summed E-state index contributed by atoms with van der Waals surface area (Å²) in [6, 6.07) is 6.49. The van der Waals surface area contributed by atoms with Gasteiger partial charge in [0, 0.05) is 4.47 Å². The molecule has 0 fully saturated rings. The number of aromatic carboxylic acids is 1. The summed E-state index contributed by atoms with van der Waals surface area (Å²) in [7, 11) is 0. The Kier molecular flexibility index (Phi) is 4.75. The number of carboxylic acid groups (broad SMARTS) is 1. The average molecular weight is 322 g/mol. The van der Waals surface area contributed by atoms with Crippen LogP contribution in [0, 0.1) is 0 Å². The molecule has 58 valence electrons. The molecule has 0 aliphatic rings. The van der Waals surface area contributed by atoms with Crippen LogP contribution in [0.5, 0.6) is 0 Å². The summed E-state index contributed by atoms with van der Waals surface area (Å²) in [5.74, 6) is -0.896. The third kappa shape index (κ3) is 3.24. The molecule has 0 aromatic heterocycles. The van der Waals surface area contributed by atoms with Crippen LogP contribution in [0.15, 0.2) is 28.7 Å². The van der Waals surface area contributed by atoms with Gasteiger partial charge in [-0.25, -0.2) is 4.79 Å². The summed E-state index contributed by atoms with van der Waals surface area (Å²) < 4.78 is 0.887. The van der Waals surface area contributed by atoms with Gasteiger partial charge in [0.25, 0.3) is 0 Å². The first kappa shape index (κ1) is 11.0. The third-order valence-corrected chi connectivity index (χ3v) is 1.62. The molecule has 2 nitrogen and oxygen atoms in total. The number of carboxylic acids is 1. The van der Waals surface area contributed by atoms with Crippen molar-refractivity contribution in [2.24, 2.45) is 0 Å². The number of carbonyl (C=O) groups is 1. The molecule has 0 atom stereocenters. The van der Waals surface area contributed by atoms with E-state index in [1.165, 1.54) is 0 Å². The van der Waals surface area contributed by atoms with E-state index in [0.717, 1.165) is 4.47 Å². The van der Waals surface area contributed by atoms with Gasteiger partial charge in [0.2, 0.25) is 0 Å². The van der Waals surface area contributed by atoms with Crippen molar-refractivity contribution in [2.75, 3.05) is 0 Å². The summed E-state index contributed by atoms with van der Waals surface area (Å²) in [6.45, 7) is 0. The molecule has 0 saturated carbocycles. The number of rotatable bonds is 1. The molecule has 1 aromatic carbocycles. The van der Waals surface area contributed by atoms with Crippen molar-refractivity contribution in [2.45, 2.75) is 0 Å². The predicted octanol–water partition coefficient (Wildman–Crippen LogP) is 1.23. The van der Waals surface area contributed by atoms with Crippen molar-refractivity contribution in [1.29, 1.82) is 0 Å². The molecule has 0 bridgehead atoms. The van der Waals surface area contributed by atoms with Crippen LogP contribution < -0.4 is 0 Å². The fourth-order valence-electron chi connectivity index (χ4n) is 0.592. The molecule has 0 aliphatic carbocycles. The molecule has 0 aliphatic heterocycles. The molecular weight excluding hydrogens is 315 g/mol. The summed E-state index contributed by atoms with van der Waals surface area (Å²) in [6.07, 6.45) is 0. The minimum atomic E-state index is -0.896. The Bertz CT molecular complexity index is 245. The molecule has 0 saturated heterocycles. The zero-order valence-electron chi connectivity index (χ0n) is 5.75. The van der Waals surface area contributed by atoms with E-state index in [-0.39, 0.29) is 23.9 Å².